The summed E-state index contributed by atoms with van der Waals surface area (Å²) in [7, 11) is 0. The highest BCUT2D eigenvalue weighted by molar-refractivity contribution is 8.00. The first kappa shape index (κ1) is 21.6. The van der Waals surface area contributed by atoms with Crippen LogP contribution in [0.25, 0.3) is 11.4 Å². The fourth-order valence-electron chi connectivity index (χ4n) is 3.33. The van der Waals surface area contributed by atoms with Gasteiger partial charge >= 0.3 is 0 Å². The predicted molar refractivity (Wildman–Crippen MR) is 130 cm³/mol. The first-order valence-corrected chi connectivity index (χ1v) is 11.2. The van der Waals surface area contributed by atoms with Crippen molar-refractivity contribution in [3.8, 4) is 11.4 Å². The molecule has 4 rings (SSSR count). The number of thioether (sulfide) groups is 1. The number of nitrogen functional groups attached to an aromatic ring is 1. The molecule has 3 N–H and O–H groups in total. The fraction of sp³-hybridized carbons (Fsp3) is 0.160. The third kappa shape index (κ3) is 4.68. The molecule has 1 amide bonds. The summed E-state index contributed by atoms with van der Waals surface area (Å²) in [5.41, 5.74) is 5.77. The SMILES string of the molecule is Cc1ccc(-c2nnc(SC(C(=O)Nc3cc(C)ccc3C)c3ccccc3)n2N)cc1. The maximum absolute atomic E-state index is 13.4. The van der Waals surface area contributed by atoms with Crippen LogP contribution in [0.3, 0.4) is 0 Å². The van der Waals surface area contributed by atoms with Crippen molar-refractivity contribution in [3.63, 3.8) is 0 Å². The Morgan fingerprint density at radius 2 is 1.62 bits per heavy atom. The molecule has 1 aromatic heterocycles. The van der Waals surface area contributed by atoms with Crippen LogP contribution in [-0.4, -0.2) is 20.8 Å². The summed E-state index contributed by atoms with van der Waals surface area (Å²) in [5, 5.41) is 11.5. The number of aryl methyl sites for hydroxylation is 3. The number of rotatable bonds is 6. The van der Waals surface area contributed by atoms with E-state index >= 15 is 0 Å². The van der Waals surface area contributed by atoms with Crippen molar-refractivity contribution in [3.05, 3.63) is 95.1 Å². The molecule has 3 aromatic carbocycles. The Bertz CT molecular complexity index is 1240. The Labute approximate surface area is 191 Å². The average Bonchev–Trinajstić information content (AvgIpc) is 3.15. The second-order valence-corrected chi connectivity index (χ2v) is 8.83. The van der Waals surface area contributed by atoms with E-state index in [2.05, 4.69) is 15.5 Å². The molecule has 0 saturated carbocycles. The lowest BCUT2D eigenvalue weighted by atomic mass is 10.1. The topological polar surface area (TPSA) is 85.8 Å². The van der Waals surface area contributed by atoms with E-state index in [1.165, 1.54) is 16.4 Å². The van der Waals surface area contributed by atoms with Crippen LogP contribution in [0.1, 0.15) is 27.5 Å². The maximum atomic E-state index is 13.4. The van der Waals surface area contributed by atoms with E-state index in [1.807, 2.05) is 93.6 Å². The Balaban J connectivity index is 1.64. The number of carbonyl (C=O) groups excluding carboxylic acids is 1. The van der Waals surface area contributed by atoms with Gasteiger partial charge in [0.1, 0.15) is 5.25 Å². The normalized spacial score (nSPS) is 11.8. The van der Waals surface area contributed by atoms with Crippen LogP contribution in [0, 0.1) is 20.8 Å². The minimum Gasteiger partial charge on any atom is -0.335 e. The first-order chi connectivity index (χ1) is 15.4. The van der Waals surface area contributed by atoms with Gasteiger partial charge in [-0.2, -0.15) is 0 Å². The van der Waals surface area contributed by atoms with Crippen molar-refractivity contribution in [2.45, 2.75) is 31.2 Å². The number of amides is 1. The number of nitrogens with one attached hydrogen (secondary N) is 1. The molecule has 1 heterocycles. The number of hydrogen-bond acceptors (Lipinski definition) is 5. The average molecular weight is 444 g/mol. The molecule has 0 aliphatic rings. The third-order valence-electron chi connectivity index (χ3n) is 5.19. The molecular weight excluding hydrogens is 418 g/mol. The van der Waals surface area contributed by atoms with Gasteiger partial charge in [-0.3, -0.25) is 4.79 Å². The molecule has 0 aliphatic carbocycles. The van der Waals surface area contributed by atoms with Crippen LogP contribution in [-0.2, 0) is 4.79 Å². The summed E-state index contributed by atoms with van der Waals surface area (Å²) < 4.78 is 1.44. The molecule has 0 radical (unpaired) electrons. The molecule has 7 heteroatoms. The number of anilines is 1. The van der Waals surface area contributed by atoms with Gasteiger partial charge in [0.05, 0.1) is 0 Å². The van der Waals surface area contributed by atoms with Gasteiger partial charge in [0.2, 0.25) is 11.1 Å². The Kier molecular flexibility index (Phi) is 6.28. The maximum Gasteiger partial charge on any atom is 0.242 e. The summed E-state index contributed by atoms with van der Waals surface area (Å²) in [6, 6.07) is 23.5. The molecule has 1 unspecified atom stereocenters. The molecule has 32 heavy (non-hydrogen) atoms. The number of carbonyl (C=O) groups is 1. The van der Waals surface area contributed by atoms with E-state index in [9.17, 15) is 4.79 Å². The van der Waals surface area contributed by atoms with Gasteiger partial charge in [-0.25, -0.2) is 4.68 Å². The molecule has 4 aromatic rings. The summed E-state index contributed by atoms with van der Waals surface area (Å²) in [6.45, 7) is 6.00. The second kappa shape index (κ2) is 9.28. The summed E-state index contributed by atoms with van der Waals surface area (Å²) in [5.74, 6) is 6.74. The van der Waals surface area contributed by atoms with E-state index in [0.717, 1.165) is 33.5 Å². The van der Waals surface area contributed by atoms with Crippen LogP contribution < -0.4 is 11.2 Å². The van der Waals surface area contributed by atoms with Crippen molar-refractivity contribution in [1.29, 1.82) is 0 Å². The number of nitrogens with two attached hydrogens (primary N) is 1. The van der Waals surface area contributed by atoms with Crippen LogP contribution in [0.4, 0.5) is 5.69 Å². The van der Waals surface area contributed by atoms with Gasteiger partial charge in [0.25, 0.3) is 0 Å². The van der Waals surface area contributed by atoms with Crippen molar-refractivity contribution in [2.75, 3.05) is 11.2 Å². The lowest BCUT2D eigenvalue weighted by molar-refractivity contribution is -0.115. The molecule has 1 atom stereocenters. The van der Waals surface area contributed by atoms with Gasteiger partial charge in [0, 0.05) is 11.3 Å². The minimum absolute atomic E-state index is 0.144. The highest BCUT2D eigenvalue weighted by atomic mass is 32.2. The zero-order valence-corrected chi connectivity index (χ0v) is 19.1. The number of benzene rings is 3. The van der Waals surface area contributed by atoms with Crippen LogP contribution in [0.15, 0.2) is 78.0 Å². The van der Waals surface area contributed by atoms with Crippen molar-refractivity contribution in [1.82, 2.24) is 14.9 Å². The summed E-state index contributed by atoms with van der Waals surface area (Å²) in [6.07, 6.45) is 0. The molecule has 0 bridgehead atoms. The standard InChI is InChI=1S/C25H25N5OS/c1-16-10-13-20(14-11-16)23-28-29-25(30(23)26)32-22(19-7-5-4-6-8-19)24(31)27-21-15-17(2)9-12-18(21)3/h4-15,22H,26H2,1-3H3,(H,27,31). The van der Waals surface area contributed by atoms with Gasteiger partial charge < -0.3 is 11.2 Å². The van der Waals surface area contributed by atoms with Crippen LogP contribution in [0.2, 0.25) is 0 Å². The zero-order chi connectivity index (χ0) is 22.7. The van der Waals surface area contributed by atoms with Gasteiger partial charge in [-0.1, -0.05) is 84.1 Å². The molecule has 0 aliphatic heterocycles. The number of nitrogens with zero attached hydrogens (tertiary/aromatic N) is 3. The lowest BCUT2D eigenvalue weighted by Crippen LogP contribution is -2.21. The van der Waals surface area contributed by atoms with Crippen LogP contribution >= 0.6 is 11.8 Å². The molecule has 162 valence electrons. The molecule has 6 nitrogen and oxygen atoms in total. The fourth-order valence-corrected chi connectivity index (χ4v) is 4.29. The van der Waals surface area contributed by atoms with E-state index in [1.54, 1.807) is 0 Å². The van der Waals surface area contributed by atoms with E-state index < -0.39 is 5.25 Å². The predicted octanol–water partition coefficient (Wildman–Crippen LogP) is 5.06. The van der Waals surface area contributed by atoms with Gasteiger partial charge in [0.15, 0.2) is 5.82 Å². The molecule has 0 saturated heterocycles. The first-order valence-electron chi connectivity index (χ1n) is 10.3. The van der Waals surface area contributed by atoms with E-state index in [0.29, 0.717) is 11.0 Å². The van der Waals surface area contributed by atoms with Crippen molar-refractivity contribution in [2.24, 2.45) is 0 Å². The Morgan fingerprint density at radius 1 is 0.938 bits per heavy atom. The Morgan fingerprint density at radius 3 is 2.34 bits per heavy atom. The van der Waals surface area contributed by atoms with Gasteiger partial charge in [-0.15, -0.1) is 10.2 Å². The molecule has 0 spiro atoms. The van der Waals surface area contributed by atoms with Crippen molar-refractivity contribution < 1.29 is 4.79 Å². The quantitative estimate of drug-likeness (QED) is 0.321. The monoisotopic (exact) mass is 443 g/mol. The summed E-state index contributed by atoms with van der Waals surface area (Å²) in [4.78, 5) is 13.4. The highest BCUT2D eigenvalue weighted by Crippen LogP contribution is 2.36. The van der Waals surface area contributed by atoms with Gasteiger partial charge in [-0.05, 0) is 43.5 Å². The smallest absolute Gasteiger partial charge is 0.242 e. The Hall–Kier alpha value is -3.58. The number of aromatic nitrogens is 3. The molecular formula is C25H25N5OS. The van der Waals surface area contributed by atoms with Crippen molar-refractivity contribution >= 4 is 23.4 Å². The minimum atomic E-state index is -0.548. The van der Waals surface area contributed by atoms with E-state index in [4.69, 9.17) is 5.84 Å². The van der Waals surface area contributed by atoms with E-state index in [-0.39, 0.29) is 5.91 Å². The number of hydrogen-bond donors (Lipinski definition) is 2. The third-order valence-corrected chi connectivity index (χ3v) is 6.40. The zero-order valence-electron chi connectivity index (χ0n) is 18.2. The summed E-state index contributed by atoms with van der Waals surface area (Å²) >= 11 is 1.28. The lowest BCUT2D eigenvalue weighted by Gasteiger charge is -2.17. The molecule has 0 fully saturated rings. The second-order valence-electron chi connectivity index (χ2n) is 7.76. The van der Waals surface area contributed by atoms with Crippen LogP contribution in [0.5, 0.6) is 0 Å². The largest absolute Gasteiger partial charge is 0.335 e. The highest BCUT2D eigenvalue weighted by Gasteiger charge is 2.26.